The molecule has 3 N–H and O–H groups in total. The maximum absolute atomic E-state index is 13.4. The molecule has 1 saturated heterocycles. The monoisotopic (exact) mass is 492 g/mol. The Labute approximate surface area is 174 Å². The summed E-state index contributed by atoms with van der Waals surface area (Å²) in [5.41, 5.74) is 2.23. The Morgan fingerprint density at radius 2 is 2.10 bits per heavy atom. The molecule has 1 aromatic heterocycles. The Morgan fingerprint density at radius 3 is 2.79 bits per heavy atom. The van der Waals surface area contributed by atoms with Gasteiger partial charge in [-0.25, -0.2) is 22.4 Å². The molecule has 0 aliphatic carbocycles. The van der Waals surface area contributed by atoms with Crippen molar-refractivity contribution in [1.29, 1.82) is 0 Å². The molecule has 0 radical (unpaired) electrons. The molecule has 0 spiro atoms. The van der Waals surface area contributed by atoms with E-state index in [2.05, 4.69) is 41.2 Å². The third-order valence-corrected chi connectivity index (χ3v) is 6.46. The van der Waals surface area contributed by atoms with Gasteiger partial charge in [0.1, 0.15) is 5.82 Å². The van der Waals surface area contributed by atoms with Crippen LogP contribution in [0, 0.1) is 5.82 Å². The van der Waals surface area contributed by atoms with E-state index >= 15 is 0 Å². The number of morpholine rings is 1. The van der Waals surface area contributed by atoms with Crippen molar-refractivity contribution in [3.05, 3.63) is 34.2 Å². The molecule has 29 heavy (non-hydrogen) atoms. The van der Waals surface area contributed by atoms with Gasteiger partial charge < -0.3 is 10.1 Å². The van der Waals surface area contributed by atoms with Gasteiger partial charge in [0.15, 0.2) is 11.5 Å². The van der Waals surface area contributed by atoms with Crippen LogP contribution in [-0.4, -0.2) is 72.7 Å². The minimum absolute atomic E-state index is 0.0247. The molecule has 1 aliphatic heterocycles. The first-order valence-corrected chi connectivity index (χ1v) is 10.9. The van der Waals surface area contributed by atoms with Gasteiger partial charge in [-0.2, -0.15) is 4.31 Å². The lowest BCUT2D eigenvalue weighted by molar-refractivity contribution is 0.0731. The molecule has 0 saturated carbocycles. The second-order valence-electron chi connectivity index (χ2n) is 5.89. The minimum atomic E-state index is -3.46. The summed E-state index contributed by atoms with van der Waals surface area (Å²) in [6.45, 7) is 1.40. The highest BCUT2D eigenvalue weighted by molar-refractivity contribution is 9.10. The number of hydrogen-bond donors (Lipinski definition) is 3. The number of rotatable bonds is 7. The van der Waals surface area contributed by atoms with E-state index in [1.165, 1.54) is 22.5 Å². The average Bonchev–Trinajstić information content (AvgIpc) is 3.17. The topological polar surface area (TPSA) is 142 Å². The van der Waals surface area contributed by atoms with Crippen LogP contribution in [0.4, 0.5) is 15.9 Å². The number of nitrogens with one attached hydrogen (secondary N) is 2. The van der Waals surface area contributed by atoms with Crippen LogP contribution in [0.5, 0.6) is 0 Å². The molecule has 11 nitrogen and oxygen atoms in total. The standard InChI is InChI=1S/C15H18BrFN6O5S/c16-11-9-10(1-2-12(11)17)19-15(20-24)13-14(22-28-21-13)18-3-8-29(25,26)23-4-6-27-7-5-23/h1-2,9,24H,3-8H2,(H,18,22)(H,19,20). The lowest BCUT2D eigenvalue weighted by Gasteiger charge is -2.26. The number of hydroxylamine groups is 1. The highest BCUT2D eigenvalue weighted by Gasteiger charge is 2.24. The van der Waals surface area contributed by atoms with E-state index in [9.17, 15) is 18.0 Å². The lowest BCUT2D eigenvalue weighted by Crippen LogP contribution is -2.42. The number of amidine groups is 1. The number of hydrogen-bond acceptors (Lipinski definition) is 9. The van der Waals surface area contributed by atoms with Crippen LogP contribution in [-0.2, 0) is 14.8 Å². The summed E-state index contributed by atoms with van der Waals surface area (Å²) in [5.74, 6) is -0.676. The largest absolute Gasteiger partial charge is 0.379 e. The zero-order valence-corrected chi connectivity index (χ0v) is 17.4. The summed E-state index contributed by atoms with van der Waals surface area (Å²) in [7, 11) is -3.46. The third kappa shape index (κ3) is 5.48. The molecule has 3 rings (SSSR count). The quantitative estimate of drug-likeness (QED) is 0.294. The van der Waals surface area contributed by atoms with Crippen molar-refractivity contribution in [1.82, 2.24) is 20.1 Å². The van der Waals surface area contributed by atoms with Crippen molar-refractivity contribution in [2.24, 2.45) is 4.99 Å². The summed E-state index contributed by atoms with van der Waals surface area (Å²) >= 11 is 3.05. The molecular formula is C15H18BrFN6O5S. The van der Waals surface area contributed by atoms with Crippen LogP contribution < -0.4 is 10.8 Å². The van der Waals surface area contributed by atoms with Gasteiger partial charge in [0.2, 0.25) is 15.8 Å². The molecule has 2 aromatic rings. The van der Waals surface area contributed by atoms with Gasteiger partial charge in [-0.05, 0) is 44.4 Å². The molecule has 14 heteroatoms. The molecule has 0 unspecified atom stereocenters. The number of aliphatic imine (C=N–C) groups is 1. The molecule has 1 fully saturated rings. The molecule has 0 atom stereocenters. The second-order valence-corrected chi connectivity index (χ2v) is 8.83. The second kappa shape index (κ2) is 9.58. The van der Waals surface area contributed by atoms with Gasteiger partial charge in [-0.15, -0.1) is 0 Å². The van der Waals surface area contributed by atoms with Gasteiger partial charge in [-0.3, -0.25) is 10.7 Å². The number of nitrogens with zero attached hydrogens (tertiary/aromatic N) is 4. The van der Waals surface area contributed by atoms with E-state index in [1.807, 2.05) is 5.48 Å². The fraction of sp³-hybridized carbons (Fsp3) is 0.400. The fourth-order valence-electron chi connectivity index (χ4n) is 2.53. The van der Waals surface area contributed by atoms with E-state index in [0.29, 0.717) is 32.0 Å². The Morgan fingerprint density at radius 1 is 1.34 bits per heavy atom. The predicted molar refractivity (Wildman–Crippen MR) is 104 cm³/mol. The van der Waals surface area contributed by atoms with E-state index in [0.717, 1.165) is 0 Å². The SMILES string of the molecule is O=S(=O)(CCNc1nonc1C(=Nc1ccc(F)c(Br)c1)NO)N1CCOCC1. The van der Waals surface area contributed by atoms with Crippen molar-refractivity contribution in [3.8, 4) is 0 Å². The van der Waals surface area contributed by atoms with Crippen LogP contribution in [0.3, 0.4) is 0 Å². The van der Waals surface area contributed by atoms with Crippen LogP contribution in [0.15, 0.2) is 32.3 Å². The van der Waals surface area contributed by atoms with Crippen molar-refractivity contribution in [2.75, 3.05) is 43.9 Å². The van der Waals surface area contributed by atoms with Crippen LogP contribution >= 0.6 is 15.9 Å². The highest BCUT2D eigenvalue weighted by Crippen LogP contribution is 2.23. The number of aromatic nitrogens is 2. The third-order valence-electron chi connectivity index (χ3n) is 3.98. The minimum Gasteiger partial charge on any atom is -0.379 e. The summed E-state index contributed by atoms with van der Waals surface area (Å²) in [5, 5.41) is 19.5. The number of anilines is 1. The summed E-state index contributed by atoms with van der Waals surface area (Å²) in [4.78, 5) is 4.13. The van der Waals surface area contributed by atoms with Gasteiger partial charge in [0, 0.05) is 19.6 Å². The Balaban J connectivity index is 1.69. The number of ether oxygens (including phenoxy) is 1. The molecule has 1 aliphatic rings. The van der Waals surface area contributed by atoms with Gasteiger partial charge in [-0.1, -0.05) is 0 Å². The highest BCUT2D eigenvalue weighted by atomic mass is 79.9. The van der Waals surface area contributed by atoms with Crippen LogP contribution in [0.25, 0.3) is 0 Å². The maximum Gasteiger partial charge on any atom is 0.215 e. The van der Waals surface area contributed by atoms with E-state index < -0.39 is 15.8 Å². The van der Waals surface area contributed by atoms with Gasteiger partial charge in [0.05, 0.1) is 29.1 Å². The number of halogens is 2. The molecular weight excluding hydrogens is 475 g/mol. The average molecular weight is 493 g/mol. The molecule has 0 amide bonds. The van der Waals surface area contributed by atoms with Gasteiger partial charge >= 0.3 is 0 Å². The zero-order chi connectivity index (χ0) is 20.9. The van der Waals surface area contributed by atoms with Crippen molar-refractivity contribution < 1.29 is 27.4 Å². The number of benzene rings is 1. The number of sulfonamides is 1. The summed E-state index contributed by atoms with van der Waals surface area (Å²) < 4.78 is 49.4. The first-order chi connectivity index (χ1) is 13.9. The first-order valence-electron chi connectivity index (χ1n) is 8.47. The Kier molecular flexibility index (Phi) is 7.13. The van der Waals surface area contributed by atoms with Crippen molar-refractivity contribution >= 4 is 43.3 Å². The van der Waals surface area contributed by atoms with E-state index in [1.54, 1.807) is 0 Å². The fourth-order valence-corrected chi connectivity index (χ4v) is 4.22. The van der Waals surface area contributed by atoms with E-state index in [-0.39, 0.29) is 34.1 Å². The van der Waals surface area contributed by atoms with Crippen molar-refractivity contribution in [2.45, 2.75) is 0 Å². The van der Waals surface area contributed by atoms with Crippen molar-refractivity contribution in [3.63, 3.8) is 0 Å². The maximum atomic E-state index is 13.4. The summed E-state index contributed by atoms with van der Waals surface area (Å²) in [6, 6.07) is 4.00. The molecule has 2 heterocycles. The Hall–Kier alpha value is -2.13. The predicted octanol–water partition coefficient (Wildman–Crippen LogP) is 1.10. The van der Waals surface area contributed by atoms with Crippen LogP contribution in [0.2, 0.25) is 0 Å². The van der Waals surface area contributed by atoms with E-state index in [4.69, 9.17) is 4.74 Å². The lowest BCUT2D eigenvalue weighted by atomic mass is 10.3. The molecule has 1 aromatic carbocycles. The van der Waals surface area contributed by atoms with Crippen LogP contribution in [0.1, 0.15) is 5.69 Å². The Bertz CT molecular complexity index is 979. The first kappa shape index (κ1) is 21.6. The molecule has 0 bridgehead atoms. The summed E-state index contributed by atoms with van der Waals surface area (Å²) in [6.07, 6.45) is 0. The molecule has 158 valence electrons. The van der Waals surface area contributed by atoms with Gasteiger partial charge in [0.25, 0.3) is 0 Å². The normalized spacial score (nSPS) is 16.0. The zero-order valence-electron chi connectivity index (χ0n) is 15.0. The smallest absolute Gasteiger partial charge is 0.215 e.